The lowest BCUT2D eigenvalue weighted by atomic mass is 9.91. The van der Waals surface area contributed by atoms with Crippen molar-refractivity contribution in [3.05, 3.63) is 77.6 Å². The van der Waals surface area contributed by atoms with E-state index >= 15 is 0 Å². The molecular weight excluding hydrogens is 438 g/mol. The predicted octanol–water partition coefficient (Wildman–Crippen LogP) is 5.98. The van der Waals surface area contributed by atoms with Crippen LogP contribution in [0.2, 0.25) is 5.02 Å². The number of phenols is 1. The summed E-state index contributed by atoms with van der Waals surface area (Å²) in [4.78, 5) is 26.3. The maximum atomic E-state index is 12.8. The van der Waals surface area contributed by atoms with E-state index in [0.717, 1.165) is 11.1 Å². The molecule has 1 aliphatic heterocycles. The third-order valence-electron chi connectivity index (χ3n) is 5.46. The maximum Gasteiger partial charge on any atom is 0.170 e. The van der Waals surface area contributed by atoms with Gasteiger partial charge in [-0.25, -0.2) is 9.97 Å². The van der Waals surface area contributed by atoms with Crippen LogP contribution in [-0.2, 0) is 0 Å². The largest absolute Gasteiger partial charge is 0.507 e. The summed E-state index contributed by atoms with van der Waals surface area (Å²) in [7, 11) is 0. The molecule has 33 heavy (non-hydrogen) atoms. The van der Waals surface area contributed by atoms with Crippen LogP contribution in [0.5, 0.6) is 11.5 Å². The van der Waals surface area contributed by atoms with E-state index in [0.29, 0.717) is 39.1 Å². The van der Waals surface area contributed by atoms with Crippen LogP contribution in [0.3, 0.4) is 0 Å². The number of aromatic nitrogens is 3. The molecule has 6 nitrogen and oxygen atoms in total. The fraction of sp³-hybridized carbons (Fsp3) is 0.154. The molecule has 2 aromatic carbocycles. The molecule has 3 heterocycles. The van der Waals surface area contributed by atoms with Crippen molar-refractivity contribution in [2.45, 2.75) is 25.9 Å². The average Bonchev–Trinajstić information content (AvgIpc) is 2.78. The molecule has 1 aliphatic rings. The lowest BCUT2D eigenvalue weighted by Gasteiger charge is -2.31. The Hall–Kier alpha value is -3.77. The van der Waals surface area contributed by atoms with Gasteiger partial charge in [-0.05, 0) is 44.2 Å². The second kappa shape index (κ2) is 7.98. The summed E-state index contributed by atoms with van der Waals surface area (Å²) >= 11 is 6.45. The zero-order valence-corrected chi connectivity index (χ0v) is 18.8. The first-order valence-electron chi connectivity index (χ1n) is 10.4. The lowest BCUT2D eigenvalue weighted by molar-refractivity contribution is 0.0619. The third kappa shape index (κ3) is 4.05. The Bertz CT molecular complexity index is 1390. The normalized spacial score (nSPS) is 14.5. The number of nitrogens with zero attached hydrogens (tertiary/aromatic N) is 3. The number of fused-ring (bicyclic) bond motifs is 1. The van der Waals surface area contributed by atoms with E-state index in [9.17, 15) is 9.90 Å². The van der Waals surface area contributed by atoms with E-state index in [1.165, 1.54) is 6.07 Å². The molecule has 0 fully saturated rings. The smallest absolute Gasteiger partial charge is 0.170 e. The molecular formula is C26H20ClN3O3. The molecule has 7 heteroatoms. The minimum atomic E-state index is -0.626. The Labute approximate surface area is 195 Å². The van der Waals surface area contributed by atoms with Gasteiger partial charge < -0.3 is 9.84 Å². The van der Waals surface area contributed by atoms with E-state index in [1.807, 2.05) is 44.2 Å². The van der Waals surface area contributed by atoms with Crippen molar-refractivity contribution in [1.82, 2.24) is 15.0 Å². The van der Waals surface area contributed by atoms with Crippen molar-refractivity contribution in [2.24, 2.45) is 0 Å². The third-order valence-corrected chi connectivity index (χ3v) is 5.79. The molecule has 0 unspecified atom stereocenters. The number of benzene rings is 2. The molecule has 1 N–H and O–H groups in total. The highest BCUT2D eigenvalue weighted by atomic mass is 35.5. The van der Waals surface area contributed by atoms with Crippen molar-refractivity contribution in [3.63, 3.8) is 0 Å². The second-order valence-corrected chi connectivity index (χ2v) is 8.91. The summed E-state index contributed by atoms with van der Waals surface area (Å²) in [6.07, 6.45) is 3.57. The Balaban J connectivity index is 1.72. The Morgan fingerprint density at radius 2 is 1.64 bits per heavy atom. The number of hydrogen-bond donors (Lipinski definition) is 1. The van der Waals surface area contributed by atoms with Crippen LogP contribution >= 0.6 is 11.6 Å². The SMILES string of the molecule is CC1(C)CC(=O)c2cc(-c3cc(-c4ccccc4Cl)nc(-c4ccncc4)n3)c(O)cc2O1. The van der Waals surface area contributed by atoms with Gasteiger partial charge in [0, 0.05) is 40.2 Å². The molecule has 0 spiro atoms. The van der Waals surface area contributed by atoms with E-state index in [2.05, 4.69) is 4.98 Å². The van der Waals surface area contributed by atoms with Gasteiger partial charge in [0.2, 0.25) is 0 Å². The van der Waals surface area contributed by atoms with Gasteiger partial charge >= 0.3 is 0 Å². The number of pyridine rings is 1. The first kappa shape index (κ1) is 21.1. The molecule has 0 radical (unpaired) electrons. The highest BCUT2D eigenvalue weighted by Gasteiger charge is 2.33. The Morgan fingerprint density at radius 3 is 2.36 bits per heavy atom. The molecule has 4 aromatic rings. The minimum absolute atomic E-state index is 0.0382. The number of ether oxygens (including phenoxy) is 1. The zero-order valence-electron chi connectivity index (χ0n) is 18.0. The quantitative estimate of drug-likeness (QED) is 0.407. The number of hydrogen-bond acceptors (Lipinski definition) is 6. The molecule has 0 aliphatic carbocycles. The van der Waals surface area contributed by atoms with Gasteiger partial charge in [-0.2, -0.15) is 0 Å². The van der Waals surface area contributed by atoms with Gasteiger partial charge in [0.25, 0.3) is 0 Å². The van der Waals surface area contributed by atoms with Crippen molar-refractivity contribution in [1.29, 1.82) is 0 Å². The van der Waals surface area contributed by atoms with Crippen molar-refractivity contribution in [3.8, 4) is 45.4 Å². The van der Waals surface area contributed by atoms with Gasteiger partial charge in [0.15, 0.2) is 11.6 Å². The van der Waals surface area contributed by atoms with Gasteiger partial charge in [-0.15, -0.1) is 0 Å². The van der Waals surface area contributed by atoms with Crippen LogP contribution in [0, 0.1) is 0 Å². The van der Waals surface area contributed by atoms with E-state index in [-0.39, 0.29) is 18.0 Å². The molecule has 5 rings (SSSR count). The summed E-state index contributed by atoms with van der Waals surface area (Å²) in [6, 6.07) is 15.9. The van der Waals surface area contributed by atoms with Crippen LogP contribution in [-0.4, -0.2) is 31.4 Å². The van der Waals surface area contributed by atoms with E-state index in [4.69, 9.17) is 26.3 Å². The average molecular weight is 458 g/mol. The van der Waals surface area contributed by atoms with E-state index < -0.39 is 5.60 Å². The molecule has 0 amide bonds. The standard InChI is InChI=1S/C26H20ClN3O3/c1-26(2)14-23(32)18-11-17(22(31)13-24(18)33-26)21-12-20(16-5-3-4-6-19(16)27)29-25(30-21)15-7-9-28-10-8-15/h3-13,31H,14H2,1-2H3. The molecule has 0 bridgehead atoms. The number of aromatic hydroxyl groups is 1. The molecule has 0 saturated heterocycles. The zero-order chi connectivity index (χ0) is 23.2. The van der Waals surface area contributed by atoms with Crippen LogP contribution < -0.4 is 4.74 Å². The first-order valence-corrected chi connectivity index (χ1v) is 10.8. The monoisotopic (exact) mass is 457 g/mol. The number of rotatable bonds is 3. The Kier molecular flexibility index (Phi) is 5.10. The summed E-state index contributed by atoms with van der Waals surface area (Å²) in [6.45, 7) is 3.69. The minimum Gasteiger partial charge on any atom is -0.507 e. The molecule has 164 valence electrons. The van der Waals surface area contributed by atoms with Gasteiger partial charge in [-0.3, -0.25) is 9.78 Å². The number of Topliss-reactive ketones (excluding diaryl/α,β-unsaturated/α-hetero) is 1. The number of phenolic OH excluding ortho intramolecular Hbond substituents is 1. The van der Waals surface area contributed by atoms with E-state index in [1.54, 1.807) is 30.6 Å². The van der Waals surface area contributed by atoms with Gasteiger partial charge in [0.1, 0.15) is 17.1 Å². The highest BCUT2D eigenvalue weighted by Crippen LogP contribution is 2.41. The Morgan fingerprint density at radius 1 is 0.939 bits per heavy atom. The summed E-state index contributed by atoms with van der Waals surface area (Å²) < 4.78 is 5.93. The first-order chi connectivity index (χ1) is 15.8. The predicted molar refractivity (Wildman–Crippen MR) is 126 cm³/mol. The van der Waals surface area contributed by atoms with Crippen molar-refractivity contribution >= 4 is 17.4 Å². The van der Waals surface area contributed by atoms with Crippen LogP contribution in [0.15, 0.2) is 67.0 Å². The highest BCUT2D eigenvalue weighted by molar-refractivity contribution is 6.33. The lowest BCUT2D eigenvalue weighted by Crippen LogP contribution is -2.35. The number of halogens is 1. The number of ketones is 1. The summed E-state index contributed by atoms with van der Waals surface area (Å²) in [5.41, 5.74) is 2.76. The topological polar surface area (TPSA) is 85.2 Å². The van der Waals surface area contributed by atoms with Gasteiger partial charge in [0.05, 0.1) is 23.4 Å². The maximum absolute atomic E-state index is 12.8. The van der Waals surface area contributed by atoms with Gasteiger partial charge in [-0.1, -0.05) is 29.8 Å². The fourth-order valence-electron chi connectivity index (χ4n) is 3.91. The molecule has 0 atom stereocenters. The van der Waals surface area contributed by atoms with Crippen molar-refractivity contribution < 1.29 is 14.6 Å². The van der Waals surface area contributed by atoms with Crippen molar-refractivity contribution in [2.75, 3.05) is 0 Å². The second-order valence-electron chi connectivity index (χ2n) is 8.50. The number of carbonyl (C=O) groups excluding carboxylic acids is 1. The van der Waals surface area contributed by atoms with Crippen LogP contribution in [0.25, 0.3) is 33.9 Å². The molecule has 0 saturated carbocycles. The summed E-state index contributed by atoms with van der Waals surface area (Å²) in [5.74, 6) is 0.735. The summed E-state index contributed by atoms with van der Waals surface area (Å²) in [5, 5.41) is 11.4. The molecule has 2 aromatic heterocycles. The van der Waals surface area contributed by atoms with Crippen LogP contribution in [0.4, 0.5) is 0 Å². The van der Waals surface area contributed by atoms with Crippen LogP contribution in [0.1, 0.15) is 30.6 Å². The fourth-order valence-corrected chi connectivity index (χ4v) is 4.15. The number of carbonyl (C=O) groups is 1.